The molecule has 0 aliphatic rings. The monoisotopic (exact) mass is 274 g/mol. The number of nitrogens with zero attached hydrogens (tertiary/aromatic N) is 1. The van der Waals surface area contributed by atoms with Crippen LogP contribution in [0.1, 0.15) is 21.7 Å². The van der Waals surface area contributed by atoms with Gasteiger partial charge in [0.15, 0.2) is 11.4 Å². The Hall–Kier alpha value is -2.63. The van der Waals surface area contributed by atoms with Crippen LogP contribution in [0, 0.1) is 13.8 Å². The molecule has 1 heterocycles. The Labute approximate surface area is 115 Å². The third kappa shape index (κ3) is 2.54. The number of aromatic hydroxyl groups is 1. The maximum Gasteiger partial charge on any atom is 0.322 e. The number of aromatic nitrogens is 1. The van der Waals surface area contributed by atoms with Gasteiger partial charge in [-0.2, -0.15) is 0 Å². The lowest BCUT2D eigenvalue weighted by Gasteiger charge is -2.10. The molecule has 0 atom stereocenters. The molecule has 0 fully saturated rings. The number of amides is 1. The average molecular weight is 274 g/mol. The van der Waals surface area contributed by atoms with Crippen LogP contribution in [0.3, 0.4) is 0 Å². The number of carboxylic acids is 1. The van der Waals surface area contributed by atoms with Gasteiger partial charge in [0.25, 0.3) is 5.91 Å². The van der Waals surface area contributed by atoms with Crippen LogP contribution in [0.15, 0.2) is 18.2 Å². The zero-order chi connectivity index (χ0) is 14.9. The molecule has 6 nitrogen and oxygen atoms in total. The maximum absolute atomic E-state index is 11.8. The van der Waals surface area contributed by atoms with Gasteiger partial charge in [-0.1, -0.05) is 17.7 Å². The van der Waals surface area contributed by atoms with Crippen molar-refractivity contribution in [3.05, 3.63) is 35.2 Å². The Morgan fingerprint density at radius 3 is 2.60 bits per heavy atom. The van der Waals surface area contributed by atoms with Gasteiger partial charge in [0.2, 0.25) is 0 Å². The number of aryl methyl sites for hydroxylation is 2. The molecule has 1 amide bonds. The average Bonchev–Trinajstić information content (AvgIpc) is 2.40. The first-order valence-corrected chi connectivity index (χ1v) is 6.00. The van der Waals surface area contributed by atoms with Gasteiger partial charge in [-0.15, -0.1) is 0 Å². The summed E-state index contributed by atoms with van der Waals surface area (Å²) in [5.74, 6) is -2.12. The lowest BCUT2D eigenvalue weighted by Crippen LogP contribution is -2.30. The van der Waals surface area contributed by atoms with Crippen molar-refractivity contribution >= 4 is 22.6 Å². The third-order valence-corrected chi connectivity index (χ3v) is 2.94. The second-order valence-electron chi connectivity index (χ2n) is 4.52. The molecule has 0 aliphatic heterocycles. The zero-order valence-electron chi connectivity index (χ0n) is 11.1. The van der Waals surface area contributed by atoms with Crippen LogP contribution >= 0.6 is 0 Å². The first-order chi connectivity index (χ1) is 9.40. The predicted molar refractivity (Wildman–Crippen MR) is 72.9 cm³/mol. The van der Waals surface area contributed by atoms with Crippen molar-refractivity contribution in [3.8, 4) is 5.75 Å². The number of rotatable bonds is 3. The lowest BCUT2D eigenvalue weighted by atomic mass is 10.0. The molecule has 20 heavy (non-hydrogen) atoms. The standard InChI is InChI=1S/C14H14N2O4/c1-7-3-4-9-10(5-7)8(2)16-12(13(9)19)14(20)15-6-11(17)18/h3-5,19H,6H2,1-2H3,(H,15,20)(H,17,18). The summed E-state index contributed by atoms with van der Waals surface area (Å²) in [6, 6.07) is 5.40. The maximum atomic E-state index is 11.8. The van der Waals surface area contributed by atoms with Gasteiger partial charge in [-0.25, -0.2) is 4.98 Å². The Bertz CT molecular complexity index is 710. The first kappa shape index (κ1) is 13.8. The molecule has 1 aromatic heterocycles. The lowest BCUT2D eigenvalue weighted by molar-refractivity contribution is -0.135. The number of carbonyl (C=O) groups excluding carboxylic acids is 1. The second kappa shape index (κ2) is 5.16. The van der Waals surface area contributed by atoms with Crippen molar-refractivity contribution in [1.82, 2.24) is 10.3 Å². The van der Waals surface area contributed by atoms with Gasteiger partial charge in [0, 0.05) is 16.5 Å². The molecule has 0 aliphatic carbocycles. The number of hydrogen-bond donors (Lipinski definition) is 3. The van der Waals surface area contributed by atoms with Gasteiger partial charge in [0.05, 0.1) is 0 Å². The third-order valence-electron chi connectivity index (χ3n) is 2.94. The van der Waals surface area contributed by atoms with Crippen LogP contribution in [-0.4, -0.2) is 33.6 Å². The molecule has 2 aromatic rings. The van der Waals surface area contributed by atoms with Gasteiger partial charge >= 0.3 is 5.97 Å². The van der Waals surface area contributed by atoms with Crippen molar-refractivity contribution in [2.75, 3.05) is 6.54 Å². The molecule has 0 bridgehead atoms. The van der Waals surface area contributed by atoms with Crippen LogP contribution in [-0.2, 0) is 4.79 Å². The van der Waals surface area contributed by atoms with Gasteiger partial charge in [0.1, 0.15) is 6.54 Å². The highest BCUT2D eigenvalue weighted by Gasteiger charge is 2.18. The number of benzene rings is 1. The van der Waals surface area contributed by atoms with Crippen LogP contribution in [0.5, 0.6) is 5.75 Å². The van der Waals surface area contributed by atoms with E-state index in [2.05, 4.69) is 10.3 Å². The van der Waals surface area contributed by atoms with Crippen molar-refractivity contribution in [2.45, 2.75) is 13.8 Å². The number of pyridine rings is 1. The number of hydrogen-bond acceptors (Lipinski definition) is 4. The molecule has 6 heteroatoms. The van der Waals surface area contributed by atoms with Gasteiger partial charge in [-0.3, -0.25) is 9.59 Å². The van der Waals surface area contributed by atoms with E-state index in [1.165, 1.54) is 0 Å². The summed E-state index contributed by atoms with van der Waals surface area (Å²) in [5, 5.41) is 22.1. The molecule has 0 spiro atoms. The van der Waals surface area contributed by atoms with Crippen LogP contribution in [0.4, 0.5) is 0 Å². The Morgan fingerprint density at radius 2 is 1.95 bits per heavy atom. The molecule has 0 radical (unpaired) electrons. The van der Waals surface area contributed by atoms with Gasteiger partial charge < -0.3 is 15.5 Å². The van der Waals surface area contributed by atoms with E-state index in [0.29, 0.717) is 11.1 Å². The summed E-state index contributed by atoms with van der Waals surface area (Å²) in [6.45, 7) is 3.13. The number of fused-ring (bicyclic) bond motifs is 1. The van der Waals surface area contributed by atoms with Crippen LogP contribution in [0.2, 0.25) is 0 Å². The SMILES string of the molecule is Cc1ccc2c(O)c(C(=O)NCC(=O)O)nc(C)c2c1. The normalized spacial score (nSPS) is 10.5. The van der Waals surface area contributed by atoms with Crippen molar-refractivity contribution in [1.29, 1.82) is 0 Å². The summed E-state index contributed by atoms with van der Waals surface area (Å²) >= 11 is 0. The summed E-state index contributed by atoms with van der Waals surface area (Å²) in [6.07, 6.45) is 0. The van der Waals surface area contributed by atoms with Gasteiger partial charge in [-0.05, 0) is 19.9 Å². The molecule has 3 N–H and O–H groups in total. The van der Waals surface area contributed by atoms with Crippen molar-refractivity contribution in [3.63, 3.8) is 0 Å². The zero-order valence-corrected chi connectivity index (χ0v) is 11.1. The number of carboxylic acid groups (broad SMARTS) is 1. The summed E-state index contributed by atoms with van der Waals surface area (Å²) in [7, 11) is 0. The van der Waals surface area contributed by atoms with Crippen LogP contribution in [0.25, 0.3) is 10.8 Å². The molecule has 0 unspecified atom stereocenters. The molecule has 0 saturated carbocycles. The van der Waals surface area contributed by atoms with E-state index < -0.39 is 18.4 Å². The molecular weight excluding hydrogens is 260 g/mol. The molecule has 1 aromatic carbocycles. The first-order valence-electron chi connectivity index (χ1n) is 6.00. The minimum atomic E-state index is -1.16. The van der Waals surface area contributed by atoms with E-state index in [1.54, 1.807) is 13.0 Å². The Morgan fingerprint density at radius 1 is 1.25 bits per heavy atom. The van der Waals surface area contributed by atoms with E-state index in [-0.39, 0.29) is 11.4 Å². The molecule has 2 rings (SSSR count). The summed E-state index contributed by atoms with van der Waals surface area (Å²) < 4.78 is 0. The molecular formula is C14H14N2O4. The smallest absolute Gasteiger partial charge is 0.322 e. The highest BCUT2D eigenvalue weighted by Crippen LogP contribution is 2.29. The van der Waals surface area contributed by atoms with Crippen LogP contribution < -0.4 is 5.32 Å². The summed E-state index contributed by atoms with van der Waals surface area (Å²) in [5.41, 5.74) is 1.45. The topological polar surface area (TPSA) is 99.5 Å². The predicted octanol–water partition coefficient (Wildman–Crippen LogP) is 1.37. The number of carbonyl (C=O) groups is 2. The largest absolute Gasteiger partial charge is 0.505 e. The Balaban J connectivity index is 2.50. The van der Waals surface area contributed by atoms with E-state index in [4.69, 9.17) is 5.11 Å². The fraction of sp³-hybridized carbons (Fsp3) is 0.214. The minimum Gasteiger partial charge on any atom is -0.505 e. The number of nitrogens with one attached hydrogen (secondary N) is 1. The highest BCUT2D eigenvalue weighted by molar-refractivity contribution is 6.03. The molecule has 0 saturated heterocycles. The minimum absolute atomic E-state index is 0.167. The second-order valence-corrected chi connectivity index (χ2v) is 4.52. The Kier molecular flexibility index (Phi) is 3.56. The van der Waals surface area contributed by atoms with E-state index in [1.807, 2.05) is 19.1 Å². The van der Waals surface area contributed by atoms with E-state index in [0.717, 1.165) is 10.9 Å². The van der Waals surface area contributed by atoms with E-state index >= 15 is 0 Å². The van der Waals surface area contributed by atoms with Crippen molar-refractivity contribution in [2.24, 2.45) is 0 Å². The fourth-order valence-electron chi connectivity index (χ4n) is 1.97. The fourth-order valence-corrected chi connectivity index (χ4v) is 1.97. The quantitative estimate of drug-likeness (QED) is 0.785. The number of aliphatic carboxylic acids is 1. The van der Waals surface area contributed by atoms with E-state index in [9.17, 15) is 14.7 Å². The van der Waals surface area contributed by atoms with Crippen molar-refractivity contribution < 1.29 is 19.8 Å². The highest BCUT2D eigenvalue weighted by atomic mass is 16.4. The molecule has 104 valence electrons. The summed E-state index contributed by atoms with van der Waals surface area (Å²) in [4.78, 5) is 26.3.